The maximum Gasteiger partial charge on any atom is 0.310 e. The highest BCUT2D eigenvalue weighted by Crippen LogP contribution is 2.23. The summed E-state index contributed by atoms with van der Waals surface area (Å²) in [5.74, 6) is -1.21. The Balaban J connectivity index is 2.79. The molecule has 2 nitrogen and oxygen atoms in total. The quantitative estimate of drug-likeness (QED) is 0.840. The first-order valence-corrected chi connectivity index (χ1v) is 6.19. The lowest BCUT2D eigenvalue weighted by Gasteiger charge is -2.11. The van der Waals surface area contributed by atoms with Gasteiger partial charge in [0.2, 0.25) is 0 Å². The van der Waals surface area contributed by atoms with Gasteiger partial charge in [-0.2, -0.15) is 0 Å². The highest BCUT2D eigenvalue weighted by molar-refractivity contribution is 9.09. The van der Waals surface area contributed by atoms with Gasteiger partial charge in [-0.3, -0.25) is 4.79 Å². The molecule has 15 heavy (non-hydrogen) atoms. The fourth-order valence-corrected chi connectivity index (χ4v) is 1.86. The molecular formula is C11H12BrClO2. The first-order chi connectivity index (χ1) is 7.15. The lowest BCUT2D eigenvalue weighted by Crippen LogP contribution is -2.11. The third-order valence-electron chi connectivity index (χ3n) is 2.20. The zero-order valence-electron chi connectivity index (χ0n) is 8.12. The Kier molecular flexibility index (Phi) is 5.12. The summed E-state index contributed by atoms with van der Waals surface area (Å²) in [5, 5.41) is 10.5. The third kappa shape index (κ3) is 3.84. The molecule has 1 atom stereocenters. The molecule has 0 bridgehead atoms. The second-order valence-corrected chi connectivity index (χ2v) is 4.50. The van der Waals surface area contributed by atoms with E-state index in [4.69, 9.17) is 16.7 Å². The molecule has 0 aromatic heterocycles. The van der Waals surface area contributed by atoms with Crippen molar-refractivity contribution in [2.75, 3.05) is 5.33 Å². The normalized spacial score (nSPS) is 12.4. The number of carboxylic acid groups (broad SMARTS) is 1. The number of halogens is 2. The van der Waals surface area contributed by atoms with Crippen LogP contribution in [0, 0.1) is 0 Å². The van der Waals surface area contributed by atoms with Crippen LogP contribution in [0.5, 0.6) is 0 Å². The van der Waals surface area contributed by atoms with Crippen molar-refractivity contribution >= 4 is 33.5 Å². The van der Waals surface area contributed by atoms with Crippen molar-refractivity contribution in [2.24, 2.45) is 0 Å². The highest BCUT2D eigenvalue weighted by Gasteiger charge is 2.18. The summed E-state index contributed by atoms with van der Waals surface area (Å²) in [5.41, 5.74) is 0.813. The Morgan fingerprint density at radius 1 is 1.40 bits per heavy atom. The van der Waals surface area contributed by atoms with Crippen molar-refractivity contribution in [3.05, 3.63) is 34.9 Å². The van der Waals surface area contributed by atoms with Gasteiger partial charge in [0.15, 0.2) is 0 Å². The van der Waals surface area contributed by atoms with Gasteiger partial charge in [0, 0.05) is 10.4 Å². The number of benzene rings is 1. The van der Waals surface area contributed by atoms with Crippen LogP contribution in [0.25, 0.3) is 0 Å². The van der Waals surface area contributed by atoms with Gasteiger partial charge < -0.3 is 5.11 Å². The Bertz CT molecular complexity index is 324. The minimum absolute atomic E-state index is 0.431. The summed E-state index contributed by atoms with van der Waals surface area (Å²) in [6.45, 7) is 0. The van der Waals surface area contributed by atoms with E-state index in [1.807, 2.05) is 0 Å². The Morgan fingerprint density at radius 3 is 2.47 bits per heavy atom. The zero-order valence-corrected chi connectivity index (χ0v) is 10.5. The molecule has 0 unspecified atom stereocenters. The first-order valence-electron chi connectivity index (χ1n) is 4.69. The predicted molar refractivity (Wildman–Crippen MR) is 64.9 cm³/mol. The maximum absolute atomic E-state index is 11.0. The molecule has 0 radical (unpaired) electrons. The molecule has 0 saturated heterocycles. The van der Waals surface area contributed by atoms with E-state index in [1.54, 1.807) is 24.3 Å². The number of rotatable bonds is 5. The first kappa shape index (κ1) is 12.5. The predicted octanol–water partition coefficient (Wildman–Crippen LogP) is 3.68. The van der Waals surface area contributed by atoms with Crippen molar-refractivity contribution < 1.29 is 9.90 Å². The van der Waals surface area contributed by atoms with E-state index in [0.717, 1.165) is 17.3 Å². The topological polar surface area (TPSA) is 37.3 Å². The van der Waals surface area contributed by atoms with Gasteiger partial charge in [0.05, 0.1) is 5.92 Å². The lowest BCUT2D eigenvalue weighted by atomic mass is 9.95. The Labute approximate surface area is 102 Å². The molecule has 0 saturated carbocycles. The molecule has 0 aliphatic rings. The summed E-state index contributed by atoms with van der Waals surface area (Å²) in [4.78, 5) is 11.0. The summed E-state index contributed by atoms with van der Waals surface area (Å²) >= 11 is 9.04. The molecular weight excluding hydrogens is 279 g/mol. The van der Waals surface area contributed by atoms with Gasteiger partial charge in [-0.15, -0.1) is 0 Å². The molecule has 82 valence electrons. The van der Waals surface area contributed by atoms with E-state index in [-0.39, 0.29) is 0 Å². The molecule has 1 aromatic rings. The summed E-state index contributed by atoms with van der Waals surface area (Å²) in [7, 11) is 0. The molecule has 0 aliphatic heterocycles. The summed E-state index contributed by atoms with van der Waals surface area (Å²) in [6, 6.07) is 6.99. The van der Waals surface area contributed by atoms with E-state index in [2.05, 4.69) is 15.9 Å². The number of hydrogen-bond acceptors (Lipinski definition) is 1. The lowest BCUT2D eigenvalue weighted by molar-refractivity contribution is -0.139. The highest BCUT2D eigenvalue weighted by atomic mass is 79.9. The maximum atomic E-state index is 11.0. The van der Waals surface area contributed by atoms with Crippen molar-refractivity contribution in [3.63, 3.8) is 0 Å². The van der Waals surface area contributed by atoms with E-state index in [1.165, 1.54) is 0 Å². The smallest absolute Gasteiger partial charge is 0.310 e. The van der Waals surface area contributed by atoms with Gasteiger partial charge in [-0.05, 0) is 30.5 Å². The van der Waals surface area contributed by atoms with Gasteiger partial charge >= 0.3 is 5.97 Å². The van der Waals surface area contributed by atoms with Gasteiger partial charge in [-0.1, -0.05) is 39.7 Å². The largest absolute Gasteiger partial charge is 0.481 e. The summed E-state index contributed by atoms with van der Waals surface area (Å²) < 4.78 is 0. The Morgan fingerprint density at radius 2 is 2.00 bits per heavy atom. The van der Waals surface area contributed by atoms with Crippen LogP contribution in [0.4, 0.5) is 0 Å². The fourth-order valence-electron chi connectivity index (χ4n) is 1.41. The second kappa shape index (κ2) is 6.13. The number of hydrogen-bond donors (Lipinski definition) is 1. The van der Waals surface area contributed by atoms with Crippen LogP contribution in [0.15, 0.2) is 24.3 Å². The molecule has 1 rings (SSSR count). The van der Waals surface area contributed by atoms with Crippen LogP contribution < -0.4 is 0 Å². The number of aliphatic carboxylic acids is 1. The van der Waals surface area contributed by atoms with Gasteiger partial charge in [0.1, 0.15) is 0 Å². The van der Waals surface area contributed by atoms with Crippen LogP contribution in [-0.4, -0.2) is 16.4 Å². The van der Waals surface area contributed by atoms with Crippen LogP contribution in [-0.2, 0) is 4.79 Å². The van der Waals surface area contributed by atoms with Crippen LogP contribution >= 0.6 is 27.5 Å². The molecule has 1 aromatic carbocycles. The van der Waals surface area contributed by atoms with E-state index < -0.39 is 11.9 Å². The molecule has 0 fully saturated rings. The van der Waals surface area contributed by atoms with Crippen molar-refractivity contribution in [1.29, 1.82) is 0 Å². The van der Waals surface area contributed by atoms with Gasteiger partial charge in [-0.25, -0.2) is 0 Å². The molecule has 0 heterocycles. The van der Waals surface area contributed by atoms with Crippen molar-refractivity contribution in [3.8, 4) is 0 Å². The standard InChI is InChI=1S/C11H12BrClO2/c12-7-1-2-10(11(14)15)8-3-5-9(13)6-4-8/h3-6,10H,1-2,7H2,(H,14,15)/t10-/m1/s1. The van der Waals surface area contributed by atoms with E-state index in [0.29, 0.717) is 11.4 Å². The van der Waals surface area contributed by atoms with Crippen LogP contribution in [0.3, 0.4) is 0 Å². The van der Waals surface area contributed by atoms with Crippen molar-refractivity contribution in [1.82, 2.24) is 0 Å². The number of alkyl halides is 1. The number of carbonyl (C=O) groups is 1. The van der Waals surface area contributed by atoms with E-state index in [9.17, 15) is 4.79 Å². The summed E-state index contributed by atoms with van der Waals surface area (Å²) in [6.07, 6.45) is 1.49. The third-order valence-corrected chi connectivity index (χ3v) is 3.01. The van der Waals surface area contributed by atoms with Crippen LogP contribution in [0.1, 0.15) is 24.3 Å². The second-order valence-electron chi connectivity index (χ2n) is 3.27. The van der Waals surface area contributed by atoms with Crippen molar-refractivity contribution in [2.45, 2.75) is 18.8 Å². The molecule has 0 aliphatic carbocycles. The molecule has 4 heteroatoms. The van der Waals surface area contributed by atoms with E-state index >= 15 is 0 Å². The minimum atomic E-state index is -0.779. The van der Waals surface area contributed by atoms with Gasteiger partial charge in [0.25, 0.3) is 0 Å². The number of carboxylic acids is 1. The average Bonchev–Trinajstić information content (AvgIpc) is 2.21. The fraction of sp³-hybridized carbons (Fsp3) is 0.364. The molecule has 1 N–H and O–H groups in total. The average molecular weight is 292 g/mol. The Hall–Kier alpha value is -0.540. The van der Waals surface area contributed by atoms with Crippen LogP contribution in [0.2, 0.25) is 5.02 Å². The SMILES string of the molecule is O=C(O)[C@H](CCCBr)c1ccc(Cl)cc1. The minimum Gasteiger partial charge on any atom is -0.481 e. The molecule has 0 spiro atoms. The molecule has 0 amide bonds. The monoisotopic (exact) mass is 290 g/mol. The zero-order chi connectivity index (χ0) is 11.3.